The maximum atomic E-state index is 13.2. The van der Waals surface area contributed by atoms with E-state index < -0.39 is 24.3 Å². The van der Waals surface area contributed by atoms with Crippen molar-refractivity contribution in [2.24, 2.45) is 0 Å². The molecule has 0 radical (unpaired) electrons. The van der Waals surface area contributed by atoms with Crippen LogP contribution in [0.15, 0.2) is 72.8 Å². The molecular weight excluding hydrogens is 606 g/mol. The first-order valence-corrected chi connectivity index (χ1v) is 14.8. The fraction of sp³-hybridized carbons (Fsp3) is 0.265. The molecule has 0 aliphatic carbocycles. The molecule has 13 heteroatoms. The number of anilines is 3. The van der Waals surface area contributed by atoms with Crippen LogP contribution >= 0.6 is 0 Å². The van der Waals surface area contributed by atoms with Gasteiger partial charge in [0, 0.05) is 50.2 Å². The number of likely N-dealkylation sites (N-methyl/N-ethyl adjacent to an activating group) is 2. The number of fused-ring (bicyclic) bond motifs is 1. The molecule has 3 aromatic rings. The number of rotatable bonds is 9. The van der Waals surface area contributed by atoms with Crippen LogP contribution in [-0.2, 0) is 23.9 Å². The predicted molar refractivity (Wildman–Crippen MR) is 177 cm³/mol. The molecule has 2 heterocycles. The molecule has 13 nitrogen and oxygen atoms in total. The van der Waals surface area contributed by atoms with Crippen LogP contribution in [0.5, 0.6) is 0 Å². The van der Waals surface area contributed by atoms with Crippen LogP contribution in [0.25, 0.3) is 11.3 Å². The van der Waals surface area contributed by atoms with E-state index in [0.717, 1.165) is 43.1 Å². The van der Waals surface area contributed by atoms with E-state index in [9.17, 15) is 24.0 Å². The molecule has 0 unspecified atom stereocenters. The Kier molecular flexibility index (Phi) is 11.4. The monoisotopic (exact) mass is 643 g/mol. The van der Waals surface area contributed by atoms with Crippen LogP contribution in [0.1, 0.15) is 27.9 Å². The van der Waals surface area contributed by atoms with Gasteiger partial charge in [0.25, 0.3) is 5.91 Å². The minimum Gasteiger partial charge on any atom is -0.481 e. The molecule has 47 heavy (non-hydrogen) atoms. The summed E-state index contributed by atoms with van der Waals surface area (Å²) >= 11 is 0. The van der Waals surface area contributed by atoms with Gasteiger partial charge in [-0.2, -0.15) is 0 Å². The highest BCUT2D eigenvalue weighted by molar-refractivity contribution is 6.37. The van der Waals surface area contributed by atoms with Crippen molar-refractivity contribution < 1.29 is 38.9 Å². The van der Waals surface area contributed by atoms with E-state index in [-0.39, 0.29) is 11.8 Å². The summed E-state index contributed by atoms with van der Waals surface area (Å²) in [7, 11) is 5.21. The number of esters is 1. The number of carboxylic acid groups (broad SMARTS) is 2. The van der Waals surface area contributed by atoms with E-state index >= 15 is 0 Å². The molecule has 2 aliphatic heterocycles. The summed E-state index contributed by atoms with van der Waals surface area (Å²) in [5, 5.41) is 21.7. The summed E-state index contributed by atoms with van der Waals surface area (Å²) in [5.41, 5.74) is 5.10. The molecule has 3 aromatic carbocycles. The van der Waals surface area contributed by atoms with Crippen molar-refractivity contribution in [2.75, 3.05) is 69.5 Å². The molecule has 0 saturated carbocycles. The Balaban J connectivity index is 0.000000644. The predicted octanol–water partition coefficient (Wildman–Crippen LogP) is 3.16. The Morgan fingerprint density at radius 3 is 2.11 bits per heavy atom. The number of aliphatic carboxylic acids is 2. The van der Waals surface area contributed by atoms with Gasteiger partial charge in [0.1, 0.15) is 6.42 Å². The smallest absolute Gasteiger partial charge is 0.337 e. The van der Waals surface area contributed by atoms with E-state index in [1.54, 1.807) is 30.1 Å². The van der Waals surface area contributed by atoms with Crippen molar-refractivity contribution in [1.82, 2.24) is 9.80 Å². The Labute approximate surface area is 272 Å². The molecule has 4 N–H and O–H groups in total. The van der Waals surface area contributed by atoms with Gasteiger partial charge in [-0.05, 0) is 49.0 Å². The molecule has 0 spiro atoms. The third-order valence-corrected chi connectivity index (χ3v) is 7.65. The van der Waals surface area contributed by atoms with E-state index in [1.165, 1.54) is 7.11 Å². The van der Waals surface area contributed by atoms with E-state index in [2.05, 4.69) is 27.5 Å². The van der Waals surface area contributed by atoms with Gasteiger partial charge in [0.05, 0.1) is 36.2 Å². The second-order valence-corrected chi connectivity index (χ2v) is 11.0. The van der Waals surface area contributed by atoms with Gasteiger partial charge in [0.15, 0.2) is 0 Å². The average molecular weight is 644 g/mol. The molecule has 0 aromatic heterocycles. The average Bonchev–Trinajstić information content (AvgIpc) is 3.38. The molecule has 246 valence electrons. The maximum Gasteiger partial charge on any atom is 0.337 e. The normalized spacial score (nSPS) is 15.3. The van der Waals surface area contributed by atoms with Gasteiger partial charge in [-0.3, -0.25) is 24.1 Å². The number of methoxy groups -OCH3 is 1. The minimum atomic E-state index is -1.31. The van der Waals surface area contributed by atoms with Crippen LogP contribution in [0.2, 0.25) is 0 Å². The lowest BCUT2D eigenvalue weighted by atomic mass is 9.99. The zero-order valence-electron chi connectivity index (χ0n) is 26.4. The Morgan fingerprint density at radius 2 is 1.53 bits per heavy atom. The molecular formula is C34H37N5O8. The van der Waals surface area contributed by atoms with Crippen molar-refractivity contribution >= 4 is 58.1 Å². The van der Waals surface area contributed by atoms with Crippen molar-refractivity contribution in [2.45, 2.75) is 6.42 Å². The highest BCUT2D eigenvalue weighted by Crippen LogP contribution is 2.38. The SMILES string of the molecule is COC(=O)c1ccc2c(c1)NC(=O)/C2=C(\Nc1ccc(N(C)C(=O)CN2CCN(C)CC2)cc1)c1ccccc1.O=C(O)CC(=O)O. The van der Waals surface area contributed by atoms with E-state index in [0.29, 0.717) is 34.6 Å². The van der Waals surface area contributed by atoms with Crippen molar-refractivity contribution in [3.8, 4) is 0 Å². The largest absolute Gasteiger partial charge is 0.481 e. The Hall–Kier alpha value is -5.53. The van der Waals surface area contributed by atoms with E-state index in [4.69, 9.17) is 14.9 Å². The molecule has 5 rings (SSSR count). The number of piperazine rings is 1. The van der Waals surface area contributed by atoms with Gasteiger partial charge in [-0.25, -0.2) is 4.79 Å². The summed E-state index contributed by atoms with van der Waals surface area (Å²) in [5.74, 6) is -3.32. The molecule has 2 amide bonds. The first-order chi connectivity index (χ1) is 22.5. The molecule has 0 atom stereocenters. The fourth-order valence-electron chi connectivity index (χ4n) is 5.04. The number of carboxylic acids is 2. The lowest BCUT2D eigenvalue weighted by Gasteiger charge is -2.32. The highest BCUT2D eigenvalue weighted by Gasteiger charge is 2.29. The number of benzene rings is 3. The second kappa shape index (κ2) is 15.7. The summed E-state index contributed by atoms with van der Waals surface area (Å²) in [6.07, 6.45) is -0.806. The van der Waals surface area contributed by atoms with Gasteiger partial charge in [0.2, 0.25) is 5.91 Å². The fourth-order valence-corrected chi connectivity index (χ4v) is 5.04. The zero-order chi connectivity index (χ0) is 34.1. The number of hydrogen-bond acceptors (Lipinski definition) is 9. The van der Waals surface area contributed by atoms with Crippen molar-refractivity contribution in [3.63, 3.8) is 0 Å². The van der Waals surface area contributed by atoms with Crippen LogP contribution in [-0.4, -0.2) is 104 Å². The third kappa shape index (κ3) is 9.02. The number of carbonyl (C=O) groups is 5. The second-order valence-electron chi connectivity index (χ2n) is 11.0. The first kappa shape index (κ1) is 34.3. The number of nitrogens with one attached hydrogen (secondary N) is 2. The molecule has 2 aliphatic rings. The molecule has 1 fully saturated rings. The van der Waals surface area contributed by atoms with Gasteiger partial charge in [-0.1, -0.05) is 36.4 Å². The molecule has 0 bridgehead atoms. The van der Waals surface area contributed by atoms with Gasteiger partial charge < -0.3 is 35.4 Å². The summed E-state index contributed by atoms with van der Waals surface area (Å²) in [4.78, 5) is 63.1. The van der Waals surface area contributed by atoms with Crippen molar-refractivity contribution in [1.29, 1.82) is 0 Å². The Morgan fingerprint density at radius 1 is 0.894 bits per heavy atom. The van der Waals surface area contributed by atoms with Crippen LogP contribution in [0, 0.1) is 0 Å². The minimum absolute atomic E-state index is 0.0444. The number of nitrogens with zero attached hydrogens (tertiary/aromatic N) is 3. The van der Waals surface area contributed by atoms with Crippen LogP contribution in [0.3, 0.4) is 0 Å². The van der Waals surface area contributed by atoms with Gasteiger partial charge in [-0.15, -0.1) is 0 Å². The third-order valence-electron chi connectivity index (χ3n) is 7.65. The molecule has 1 saturated heterocycles. The maximum absolute atomic E-state index is 13.2. The topological polar surface area (TPSA) is 169 Å². The number of carbonyl (C=O) groups excluding carboxylic acids is 3. The Bertz CT molecular complexity index is 1650. The van der Waals surface area contributed by atoms with Crippen molar-refractivity contribution in [3.05, 3.63) is 89.5 Å². The number of amides is 2. The lowest BCUT2D eigenvalue weighted by molar-refractivity contribution is -0.147. The zero-order valence-corrected chi connectivity index (χ0v) is 26.4. The first-order valence-electron chi connectivity index (χ1n) is 14.8. The standard InChI is InChI=1S/C31H33N5O4.C3H4O4/c1-34-15-17-36(18-16-34)20-27(37)35(2)24-12-10-23(11-13-24)32-29(21-7-5-4-6-8-21)28-25-14-9-22(31(39)40-3)19-26(25)33-30(28)38;4-2(5)1-3(6)7/h4-14,19,32H,15-18,20H2,1-3H3,(H,33,38);1H2,(H,4,5)(H,6,7)/b29-28-;. The quantitative estimate of drug-likeness (QED) is 0.154. The van der Waals surface area contributed by atoms with Crippen LogP contribution in [0.4, 0.5) is 17.1 Å². The summed E-state index contributed by atoms with van der Waals surface area (Å²) in [6.45, 7) is 4.09. The number of ether oxygens (including phenoxy) is 1. The summed E-state index contributed by atoms with van der Waals surface area (Å²) < 4.78 is 4.82. The lowest BCUT2D eigenvalue weighted by Crippen LogP contribution is -2.48. The highest BCUT2D eigenvalue weighted by atomic mass is 16.5. The summed E-state index contributed by atoms with van der Waals surface area (Å²) in [6, 6.07) is 22.2. The number of hydrogen-bond donors (Lipinski definition) is 4. The van der Waals surface area contributed by atoms with Gasteiger partial charge >= 0.3 is 17.9 Å². The van der Waals surface area contributed by atoms with E-state index in [1.807, 2.05) is 54.6 Å². The van der Waals surface area contributed by atoms with Crippen LogP contribution < -0.4 is 15.5 Å².